The van der Waals surface area contributed by atoms with Gasteiger partial charge in [0.1, 0.15) is 0 Å². The van der Waals surface area contributed by atoms with Crippen molar-refractivity contribution in [1.29, 1.82) is 0 Å². The van der Waals surface area contributed by atoms with Crippen LogP contribution in [0.3, 0.4) is 0 Å². The normalized spacial score (nSPS) is 10.1. The van der Waals surface area contributed by atoms with E-state index in [0.717, 1.165) is 4.47 Å². The standard InChI is InChI=1S/C11H7BrClNO2/c12-7-3-4-8(13)9(6-7)14-11(15)10-2-1-5-16-10/h1-6H,(H,14,15). The fraction of sp³-hybridized carbons (Fsp3) is 0. The van der Waals surface area contributed by atoms with E-state index in [1.165, 1.54) is 6.26 Å². The van der Waals surface area contributed by atoms with Gasteiger partial charge in [-0.15, -0.1) is 0 Å². The van der Waals surface area contributed by atoms with Crippen molar-refractivity contribution in [3.8, 4) is 0 Å². The fourth-order valence-electron chi connectivity index (χ4n) is 1.18. The molecule has 82 valence electrons. The topological polar surface area (TPSA) is 42.2 Å². The maximum Gasteiger partial charge on any atom is 0.291 e. The summed E-state index contributed by atoms with van der Waals surface area (Å²) in [6.07, 6.45) is 1.44. The molecule has 0 bridgehead atoms. The quantitative estimate of drug-likeness (QED) is 0.912. The van der Waals surface area contributed by atoms with Crippen LogP contribution in [0.1, 0.15) is 10.6 Å². The number of nitrogens with one attached hydrogen (secondary N) is 1. The molecule has 0 aliphatic heterocycles. The molecular formula is C11H7BrClNO2. The van der Waals surface area contributed by atoms with E-state index < -0.39 is 0 Å². The highest BCUT2D eigenvalue weighted by Crippen LogP contribution is 2.26. The van der Waals surface area contributed by atoms with Gasteiger partial charge in [0, 0.05) is 4.47 Å². The molecule has 0 aliphatic rings. The van der Waals surface area contributed by atoms with Gasteiger partial charge in [0.25, 0.3) is 5.91 Å². The molecule has 1 heterocycles. The van der Waals surface area contributed by atoms with Crippen LogP contribution in [0.5, 0.6) is 0 Å². The van der Waals surface area contributed by atoms with Crippen molar-refractivity contribution in [2.75, 3.05) is 5.32 Å². The third kappa shape index (κ3) is 2.46. The van der Waals surface area contributed by atoms with Crippen molar-refractivity contribution in [2.45, 2.75) is 0 Å². The molecule has 0 fully saturated rings. The third-order valence-electron chi connectivity index (χ3n) is 1.92. The zero-order valence-electron chi connectivity index (χ0n) is 8.04. The van der Waals surface area contributed by atoms with E-state index in [2.05, 4.69) is 21.2 Å². The zero-order chi connectivity index (χ0) is 11.5. The molecule has 1 aromatic carbocycles. The lowest BCUT2D eigenvalue weighted by Gasteiger charge is -2.05. The Labute approximate surface area is 106 Å². The summed E-state index contributed by atoms with van der Waals surface area (Å²) in [7, 11) is 0. The molecule has 2 aromatic rings. The number of halogens is 2. The average Bonchev–Trinajstić information content (AvgIpc) is 2.76. The molecule has 1 aromatic heterocycles. The van der Waals surface area contributed by atoms with Gasteiger partial charge >= 0.3 is 0 Å². The lowest BCUT2D eigenvalue weighted by molar-refractivity contribution is 0.0996. The summed E-state index contributed by atoms with van der Waals surface area (Å²) >= 11 is 9.24. The first-order chi connectivity index (χ1) is 7.66. The van der Waals surface area contributed by atoms with Crippen LogP contribution < -0.4 is 5.32 Å². The molecule has 1 N–H and O–H groups in total. The number of hydrogen-bond donors (Lipinski definition) is 1. The Hall–Kier alpha value is -1.26. The molecule has 0 saturated carbocycles. The molecule has 2 rings (SSSR count). The molecule has 0 atom stereocenters. The smallest absolute Gasteiger partial charge is 0.291 e. The number of rotatable bonds is 2. The second-order valence-corrected chi connectivity index (χ2v) is 4.38. The van der Waals surface area contributed by atoms with Crippen LogP contribution in [0.4, 0.5) is 5.69 Å². The Kier molecular flexibility index (Phi) is 3.31. The second-order valence-electron chi connectivity index (χ2n) is 3.06. The summed E-state index contributed by atoms with van der Waals surface area (Å²) in [6.45, 7) is 0. The van der Waals surface area contributed by atoms with Crippen molar-refractivity contribution in [3.63, 3.8) is 0 Å². The van der Waals surface area contributed by atoms with Crippen LogP contribution in [-0.2, 0) is 0 Å². The number of hydrogen-bond acceptors (Lipinski definition) is 2. The van der Waals surface area contributed by atoms with E-state index in [-0.39, 0.29) is 11.7 Å². The minimum absolute atomic E-state index is 0.246. The van der Waals surface area contributed by atoms with Crippen LogP contribution in [0, 0.1) is 0 Å². The first-order valence-corrected chi connectivity index (χ1v) is 5.64. The second kappa shape index (κ2) is 4.72. The minimum atomic E-state index is -0.329. The van der Waals surface area contributed by atoms with Crippen LogP contribution in [0.25, 0.3) is 0 Å². The molecule has 0 spiro atoms. The predicted molar refractivity (Wildman–Crippen MR) is 65.8 cm³/mol. The Balaban J connectivity index is 2.21. The third-order valence-corrected chi connectivity index (χ3v) is 2.74. The van der Waals surface area contributed by atoms with E-state index in [1.807, 2.05) is 0 Å². The first kappa shape index (κ1) is 11.2. The highest BCUT2D eigenvalue weighted by atomic mass is 79.9. The Morgan fingerprint density at radius 1 is 1.38 bits per heavy atom. The number of carbonyl (C=O) groups is 1. The lowest BCUT2D eigenvalue weighted by atomic mass is 10.3. The van der Waals surface area contributed by atoms with Crippen molar-refractivity contribution < 1.29 is 9.21 Å². The molecule has 0 saturated heterocycles. The monoisotopic (exact) mass is 299 g/mol. The summed E-state index contributed by atoms with van der Waals surface area (Å²) in [5, 5.41) is 3.13. The Bertz CT molecular complexity index is 511. The van der Waals surface area contributed by atoms with E-state index in [4.69, 9.17) is 16.0 Å². The molecule has 0 radical (unpaired) electrons. The summed E-state index contributed by atoms with van der Waals surface area (Å²) in [5.74, 6) is -0.0824. The predicted octanol–water partition coefficient (Wildman–Crippen LogP) is 3.95. The molecule has 1 amide bonds. The Morgan fingerprint density at radius 3 is 2.88 bits per heavy atom. The van der Waals surface area contributed by atoms with Gasteiger partial charge in [-0.05, 0) is 30.3 Å². The highest BCUT2D eigenvalue weighted by Gasteiger charge is 2.10. The van der Waals surface area contributed by atoms with E-state index in [0.29, 0.717) is 10.7 Å². The van der Waals surface area contributed by atoms with E-state index in [9.17, 15) is 4.79 Å². The largest absolute Gasteiger partial charge is 0.459 e. The summed E-state index contributed by atoms with van der Waals surface area (Å²) in [6, 6.07) is 8.45. The van der Waals surface area contributed by atoms with Gasteiger partial charge in [-0.25, -0.2) is 0 Å². The van der Waals surface area contributed by atoms with Crippen molar-refractivity contribution in [2.24, 2.45) is 0 Å². The summed E-state index contributed by atoms with van der Waals surface area (Å²) < 4.78 is 5.81. The summed E-state index contributed by atoms with van der Waals surface area (Å²) in [4.78, 5) is 11.7. The minimum Gasteiger partial charge on any atom is -0.459 e. The fourth-order valence-corrected chi connectivity index (χ4v) is 1.71. The number of furan rings is 1. The number of amides is 1. The van der Waals surface area contributed by atoms with Gasteiger partial charge in [-0.3, -0.25) is 4.79 Å². The number of carbonyl (C=O) groups excluding carboxylic acids is 1. The van der Waals surface area contributed by atoms with Gasteiger partial charge in [-0.1, -0.05) is 27.5 Å². The molecule has 16 heavy (non-hydrogen) atoms. The van der Waals surface area contributed by atoms with Gasteiger partial charge in [0.15, 0.2) is 5.76 Å². The van der Waals surface area contributed by atoms with Crippen LogP contribution in [0.2, 0.25) is 5.02 Å². The summed E-state index contributed by atoms with van der Waals surface area (Å²) in [5.41, 5.74) is 0.539. The van der Waals surface area contributed by atoms with Gasteiger partial charge < -0.3 is 9.73 Å². The lowest BCUT2D eigenvalue weighted by Crippen LogP contribution is -2.11. The first-order valence-electron chi connectivity index (χ1n) is 4.47. The van der Waals surface area contributed by atoms with Crippen molar-refractivity contribution >= 4 is 39.1 Å². The molecular weight excluding hydrogens is 293 g/mol. The molecule has 5 heteroatoms. The van der Waals surface area contributed by atoms with Gasteiger partial charge in [0.05, 0.1) is 17.0 Å². The molecule has 0 aliphatic carbocycles. The average molecular weight is 301 g/mol. The van der Waals surface area contributed by atoms with Crippen LogP contribution >= 0.6 is 27.5 Å². The molecule has 3 nitrogen and oxygen atoms in total. The van der Waals surface area contributed by atoms with Crippen LogP contribution in [-0.4, -0.2) is 5.91 Å². The maximum atomic E-state index is 11.7. The van der Waals surface area contributed by atoms with Crippen molar-refractivity contribution in [1.82, 2.24) is 0 Å². The SMILES string of the molecule is O=C(Nc1cc(Br)ccc1Cl)c1ccco1. The number of benzene rings is 1. The highest BCUT2D eigenvalue weighted by molar-refractivity contribution is 9.10. The number of anilines is 1. The van der Waals surface area contributed by atoms with Gasteiger partial charge in [-0.2, -0.15) is 0 Å². The molecule has 0 unspecified atom stereocenters. The van der Waals surface area contributed by atoms with Gasteiger partial charge in [0.2, 0.25) is 0 Å². The van der Waals surface area contributed by atoms with E-state index in [1.54, 1.807) is 30.3 Å². The maximum absolute atomic E-state index is 11.7. The Morgan fingerprint density at radius 2 is 2.19 bits per heavy atom. The van der Waals surface area contributed by atoms with Crippen molar-refractivity contribution in [3.05, 3.63) is 51.9 Å². The zero-order valence-corrected chi connectivity index (χ0v) is 10.4. The van der Waals surface area contributed by atoms with Crippen LogP contribution in [0.15, 0.2) is 45.5 Å². The van der Waals surface area contributed by atoms with E-state index >= 15 is 0 Å².